The molecule has 0 aliphatic carbocycles. The maximum absolute atomic E-state index is 11.9. The van der Waals surface area contributed by atoms with E-state index in [9.17, 15) is 4.79 Å². The summed E-state index contributed by atoms with van der Waals surface area (Å²) >= 11 is 0. The standard InChI is InChI=1S/C13H15NO3/c1-8-6-7-16-12(8)13(15)14-10(3)11-5-4-9(2)17-11/h4-7,10H,1-3H3,(H,14,15). The predicted octanol–water partition coefficient (Wildman–Crippen LogP) is 2.98. The summed E-state index contributed by atoms with van der Waals surface area (Å²) in [5, 5.41) is 2.83. The summed E-state index contributed by atoms with van der Waals surface area (Å²) in [4.78, 5) is 11.9. The second-order valence-electron chi connectivity index (χ2n) is 4.08. The van der Waals surface area contributed by atoms with Crippen molar-refractivity contribution in [3.8, 4) is 0 Å². The van der Waals surface area contributed by atoms with E-state index in [-0.39, 0.29) is 11.9 Å². The average molecular weight is 233 g/mol. The van der Waals surface area contributed by atoms with Crippen LogP contribution in [-0.2, 0) is 0 Å². The zero-order valence-electron chi connectivity index (χ0n) is 10.1. The third-order valence-electron chi connectivity index (χ3n) is 2.60. The van der Waals surface area contributed by atoms with Crippen LogP contribution in [0.15, 0.2) is 33.3 Å². The van der Waals surface area contributed by atoms with Crippen LogP contribution >= 0.6 is 0 Å². The minimum atomic E-state index is -0.228. The van der Waals surface area contributed by atoms with E-state index in [4.69, 9.17) is 8.83 Å². The predicted molar refractivity (Wildman–Crippen MR) is 62.8 cm³/mol. The first-order valence-corrected chi connectivity index (χ1v) is 5.49. The quantitative estimate of drug-likeness (QED) is 0.886. The van der Waals surface area contributed by atoms with Gasteiger partial charge in [0.05, 0.1) is 12.3 Å². The molecule has 0 bridgehead atoms. The smallest absolute Gasteiger partial charge is 0.287 e. The fourth-order valence-corrected chi connectivity index (χ4v) is 1.62. The molecule has 4 heteroatoms. The highest BCUT2D eigenvalue weighted by Crippen LogP contribution is 2.17. The Morgan fingerprint density at radius 2 is 2.06 bits per heavy atom. The van der Waals surface area contributed by atoms with E-state index in [0.29, 0.717) is 5.76 Å². The van der Waals surface area contributed by atoms with Gasteiger partial charge in [-0.15, -0.1) is 0 Å². The Labute approximate surface area is 99.6 Å². The lowest BCUT2D eigenvalue weighted by molar-refractivity contribution is 0.0906. The Bertz CT molecular complexity index is 524. The van der Waals surface area contributed by atoms with Crippen LogP contribution in [0.5, 0.6) is 0 Å². The Balaban J connectivity index is 2.07. The molecule has 2 aromatic heterocycles. The van der Waals surface area contributed by atoms with Crippen molar-refractivity contribution < 1.29 is 13.6 Å². The maximum Gasteiger partial charge on any atom is 0.287 e. The second-order valence-corrected chi connectivity index (χ2v) is 4.08. The van der Waals surface area contributed by atoms with Gasteiger partial charge in [-0.1, -0.05) is 0 Å². The molecule has 1 N–H and O–H groups in total. The van der Waals surface area contributed by atoms with Gasteiger partial charge in [0, 0.05) is 5.56 Å². The summed E-state index contributed by atoms with van der Waals surface area (Å²) in [5.74, 6) is 1.68. The highest BCUT2D eigenvalue weighted by atomic mass is 16.3. The molecule has 0 saturated heterocycles. The SMILES string of the molecule is Cc1ccc(C(C)NC(=O)c2occc2C)o1. The molecular weight excluding hydrogens is 218 g/mol. The minimum absolute atomic E-state index is 0.180. The van der Waals surface area contributed by atoms with Gasteiger partial charge in [-0.05, 0) is 39.0 Å². The van der Waals surface area contributed by atoms with E-state index in [1.807, 2.05) is 32.9 Å². The number of carbonyl (C=O) groups is 1. The molecule has 0 aliphatic rings. The van der Waals surface area contributed by atoms with Crippen molar-refractivity contribution in [2.24, 2.45) is 0 Å². The monoisotopic (exact) mass is 233 g/mol. The number of hydrogen-bond acceptors (Lipinski definition) is 3. The van der Waals surface area contributed by atoms with Gasteiger partial charge in [-0.25, -0.2) is 0 Å². The summed E-state index contributed by atoms with van der Waals surface area (Å²) in [6.45, 7) is 5.57. The van der Waals surface area contributed by atoms with E-state index < -0.39 is 0 Å². The molecule has 0 fully saturated rings. The second kappa shape index (κ2) is 4.49. The molecule has 17 heavy (non-hydrogen) atoms. The molecule has 90 valence electrons. The molecule has 0 saturated carbocycles. The third kappa shape index (κ3) is 2.41. The molecule has 1 atom stereocenters. The zero-order valence-corrected chi connectivity index (χ0v) is 10.1. The lowest BCUT2D eigenvalue weighted by atomic mass is 10.2. The molecule has 0 aromatic carbocycles. The molecule has 1 unspecified atom stereocenters. The van der Waals surface area contributed by atoms with Gasteiger partial charge in [0.1, 0.15) is 11.5 Å². The van der Waals surface area contributed by atoms with Crippen molar-refractivity contribution in [2.75, 3.05) is 0 Å². The van der Waals surface area contributed by atoms with Crippen LogP contribution < -0.4 is 5.32 Å². The van der Waals surface area contributed by atoms with Crippen LogP contribution in [0.25, 0.3) is 0 Å². The van der Waals surface area contributed by atoms with Crippen LogP contribution in [0.2, 0.25) is 0 Å². The highest BCUT2D eigenvalue weighted by molar-refractivity contribution is 5.92. The number of amides is 1. The van der Waals surface area contributed by atoms with E-state index in [2.05, 4.69) is 5.32 Å². The fraction of sp³-hybridized carbons (Fsp3) is 0.308. The molecular formula is C13H15NO3. The summed E-state index contributed by atoms with van der Waals surface area (Å²) in [7, 11) is 0. The Morgan fingerprint density at radius 3 is 2.59 bits per heavy atom. The van der Waals surface area contributed by atoms with Crippen molar-refractivity contribution in [1.29, 1.82) is 0 Å². The van der Waals surface area contributed by atoms with E-state index >= 15 is 0 Å². The third-order valence-corrected chi connectivity index (χ3v) is 2.60. The molecule has 0 radical (unpaired) electrons. The maximum atomic E-state index is 11.9. The van der Waals surface area contributed by atoms with Crippen LogP contribution in [0, 0.1) is 13.8 Å². The molecule has 2 rings (SSSR count). The topological polar surface area (TPSA) is 55.4 Å². The number of nitrogens with one attached hydrogen (secondary N) is 1. The molecule has 0 aliphatic heterocycles. The van der Waals surface area contributed by atoms with Gasteiger partial charge in [-0.2, -0.15) is 0 Å². The lowest BCUT2D eigenvalue weighted by Crippen LogP contribution is -2.26. The van der Waals surface area contributed by atoms with E-state index in [1.54, 1.807) is 6.07 Å². The normalized spacial score (nSPS) is 12.4. The first kappa shape index (κ1) is 11.5. The number of hydrogen-bond donors (Lipinski definition) is 1. The van der Waals surface area contributed by atoms with Crippen molar-refractivity contribution in [1.82, 2.24) is 5.32 Å². The van der Waals surface area contributed by atoms with Crippen molar-refractivity contribution in [3.63, 3.8) is 0 Å². The van der Waals surface area contributed by atoms with E-state index in [1.165, 1.54) is 6.26 Å². The van der Waals surface area contributed by atoms with Crippen LogP contribution in [-0.4, -0.2) is 5.91 Å². The molecule has 2 aromatic rings. The Morgan fingerprint density at radius 1 is 1.29 bits per heavy atom. The minimum Gasteiger partial charge on any atom is -0.464 e. The summed E-state index contributed by atoms with van der Waals surface area (Å²) in [5.41, 5.74) is 0.824. The summed E-state index contributed by atoms with van der Waals surface area (Å²) in [6.07, 6.45) is 1.51. The lowest BCUT2D eigenvalue weighted by Gasteiger charge is -2.10. The van der Waals surface area contributed by atoms with Gasteiger partial charge in [0.25, 0.3) is 5.91 Å². The Kier molecular flexibility index (Phi) is 3.04. The van der Waals surface area contributed by atoms with Crippen LogP contribution in [0.1, 0.15) is 40.6 Å². The average Bonchev–Trinajstić information content (AvgIpc) is 2.86. The molecule has 1 amide bonds. The van der Waals surface area contributed by atoms with Crippen molar-refractivity contribution in [3.05, 3.63) is 47.3 Å². The van der Waals surface area contributed by atoms with Gasteiger partial charge in [0.15, 0.2) is 5.76 Å². The first-order chi connectivity index (χ1) is 8.08. The highest BCUT2D eigenvalue weighted by Gasteiger charge is 2.17. The fourth-order valence-electron chi connectivity index (χ4n) is 1.62. The van der Waals surface area contributed by atoms with Gasteiger partial charge in [0.2, 0.25) is 0 Å². The van der Waals surface area contributed by atoms with Gasteiger partial charge in [-0.3, -0.25) is 4.79 Å². The zero-order chi connectivity index (χ0) is 12.4. The summed E-state index contributed by atoms with van der Waals surface area (Å²) in [6, 6.07) is 5.31. The number of aryl methyl sites for hydroxylation is 2. The largest absolute Gasteiger partial charge is 0.464 e. The van der Waals surface area contributed by atoms with Crippen LogP contribution in [0.3, 0.4) is 0 Å². The Hall–Kier alpha value is -1.97. The van der Waals surface area contributed by atoms with E-state index in [0.717, 1.165) is 17.1 Å². The summed E-state index contributed by atoms with van der Waals surface area (Å²) < 4.78 is 10.6. The van der Waals surface area contributed by atoms with Crippen LogP contribution in [0.4, 0.5) is 0 Å². The van der Waals surface area contributed by atoms with Crippen molar-refractivity contribution in [2.45, 2.75) is 26.8 Å². The first-order valence-electron chi connectivity index (χ1n) is 5.49. The van der Waals surface area contributed by atoms with Gasteiger partial charge < -0.3 is 14.2 Å². The van der Waals surface area contributed by atoms with Crippen molar-refractivity contribution >= 4 is 5.91 Å². The number of carbonyl (C=O) groups excluding carboxylic acids is 1. The number of furan rings is 2. The van der Waals surface area contributed by atoms with Gasteiger partial charge >= 0.3 is 0 Å². The molecule has 2 heterocycles. The molecule has 4 nitrogen and oxygen atoms in total. The number of rotatable bonds is 3. The molecule has 0 spiro atoms.